The van der Waals surface area contributed by atoms with Crippen molar-refractivity contribution in [3.8, 4) is 6.07 Å². The van der Waals surface area contributed by atoms with Gasteiger partial charge in [-0.15, -0.1) is 0 Å². The van der Waals surface area contributed by atoms with Crippen molar-refractivity contribution >= 4 is 18.0 Å². The van der Waals surface area contributed by atoms with Gasteiger partial charge in [0.2, 0.25) is 0 Å². The number of carbonyl (C=O) groups excluding carboxylic acids is 3. The van der Waals surface area contributed by atoms with Crippen LogP contribution in [0.5, 0.6) is 0 Å². The van der Waals surface area contributed by atoms with Crippen LogP contribution in [0, 0.1) is 17.2 Å². The quantitative estimate of drug-likeness (QED) is 0.718. The highest BCUT2D eigenvalue weighted by atomic mass is 16.6. The molecule has 2 aliphatic rings. The first-order valence-electron chi connectivity index (χ1n) is 10.5. The maximum Gasteiger partial charge on any atom is 0.410 e. The van der Waals surface area contributed by atoms with Crippen molar-refractivity contribution in [2.24, 2.45) is 5.92 Å². The largest absolute Gasteiger partial charge is 0.452 e. The zero-order chi connectivity index (χ0) is 21.7. The van der Waals surface area contributed by atoms with Gasteiger partial charge in [0, 0.05) is 13.1 Å². The summed E-state index contributed by atoms with van der Waals surface area (Å²) >= 11 is 0. The number of nitriles is 1. The maximum absolute atomic E-state index is 12.5. The number of nitrogens with one attached hydrogen (secondary N) is 1. The van der Waals surface area contributed by atoms with E-state index in [9.17, 15) is 19.6 Å². The van der Waals surface area contributed by atoms with Crippen molar-refractivity contribution in [3.05, 3.63) is 0 Å². The third-order valence-electron chi connectivity index (χ3n) is 5.43. The number of amides is 2. The first kappa shape index (κ1) is 23.0. The molecule has 0 spiro atoms. The molecular formula is C21H33N3O5. The van der Waals surface area contributed by atoms with Crippen LogP contribution in [0.4, 0.5) is 4.79 Å². The fourth-order valence-electron chi connectivity index (χ4n) is 3.71. The number of hydrogen-bond acceptors (Lipinski definition) is 6. The van der Waals surface area contributed by atoms with Gasteiger partial charge in [0.1, 0.15) is 11.1 Å². The second-order valence-electron chi connectivity index (χ2n) is 9.06. The summed E-state index contributed by atoms with van der Waals surface area (Å²) in [5, 5.41) is 12.3. The molecule has 2 fully saturated rings. The van der Waals surface area contributed by atoms with Gasteiger partial charge < -0.3 is 19.7 Å². The summed E-state index contributed by atoms with van der Waals surface area (Å²) in [4.78, 5) is 38.6. The number of hydrogen-bond donors (Lipinski definition) is 1. The van der Waals surface area contributed by atoms with E-state index >= 15 is 0 Å². The van der Waals surface area contributed by atoms with Crippen molar-refractivity contribution in [1.29, 1.82) is 5.26 Å². The summed E-state index contributed by atoms with van der Waals surface area (Å²) in [5.74, 6) is -1.23. The Morgan fingerprint density at radius 1 is 1.14 bits per heavy atom. The molecule has 1 saturated heterocycles. The smallest absolute Gasteiger partial charge is 0.410 e. The van der Waals surface area contributed by atoms with E-state index in [1.165, 1.54) is 6.92 Å². The minimum atomic E-state index is -0.960. The van der Waals surface area contributed by atoms with Crippen LogP contribution in [-0.2, 0) is 19.1 Å². The molecule has 8 heteroatoms. The summed E-state index contributed by atoms with van der Waals surface area (Å²) in [5.41, 5.74) is -1.41. The number of carbonyl (C=O) groups is 3. The lowest BCUT2D eigenvalue weighted by atomic mass is 9.82. The Labute approximate surface area is 172 Å². The molecule has 2 amide bonds. The molecule has 0 bridgehead atoms. The third kappa shape index (κ3) is 6.62. The normalized spacial score (nSPS) is 20.9. The van der Waals surface area contributed by atoms with Gasteiger partial charge in [0.05, 0.1) is 12.0 Å². The number of rotatable bonds is 4. The van der Waals surface area contributed by atoms with Crippen LogP contribution in [0.2, 0.25) is 0 Å². The Morgan fingerprint density at radius 3 is 2.24 bits per heavy atom. The molecule has 1 atom stereocenters. The molecule has 0 aromatic carbocycles. The van der Waals surface area contributed by atoms with Crippen LogP contribution < -0.4 is 5.32 Å². The van der Waals surface area contributed by atoms with Crippen LogP contribution in [0.25, 0.3) is 0 Å². The molecule has 2 rings (SSSR count). The fourth-order valence-corrected chi connectivity index (χ4v) is 3.71. The average molecular weight is 408 g/mol. The highest BCUT2D eigenvalue weighted by Gasteiger charge is 2.36. The molecule has 1 saturated carbocycles. The zero-order valence-corrected chi connectivity index (χ0v) is 18.0. The number of ether oxygens (including phenoxy) is 2. The highest BCUT2D eigenvalue weighted by molar-refractivity contribution is 5.85. The van der Waals surface area contributed by atoms with Crippen LogP contribution >= 0.6 is 0 Å². The predicted octanol–water partition coefficient (Wildman–Crippen LogP) is 2.91. The first-order chi connectivity index (χ1) is 13.6. The molecule has 29 heavy (non-hydrogen) atoms. The molecule has 8 nitrogen and oxygen atoms in total. The van der Waals surface area contributed by atoms with Crippen molar-refractivity contribution in [3.63, 3.8) is 0 Å². The third-order valence-corrected chi connectivity index (χ3v) is 5.43. The van der Waals surface area contributed by atoms with Gasteiger partial charge >= 0.3 is 12.1 Å². The van der Waals surface area contributed by atoms with Crippen LogP contribution in [0.3, 0.4) is 0 Å². The number of piperidine rings is 1. The molecule has 0 aromatic heterocycles. The number of likely N-dealkylation sites (tertiary alicyclic amines) is 1. The van der Waals surface area contributed by atoms with Gasteiger partial charge in [-0.3, -0.25) is 9.59 Å². The maximum atomic E-state index is 12.5. The van der Waals surface area contributed by atoms with Gasteiger partial charge in [-0.05, 0) is 53.4 Å². The molecule has 0 aromatic rings. The SMILES string of the molecule is C[C@@H](OC(=O)C1CCN(C(=O)OC(C)(C)C)CC1)C(=O)NC1(C#N)CCCCC1. The predicted molar refractivity (Wildman–Crippen MR) is 106 cm³/mol. The van der Waals surface area contributed by atoms with E-state index in [-0.39, 0.29) is 12.0 Å². The fraction of sp³-hybridized carbons (Fsp3) is 0.810. The molecule has 1 aliphatic carbocycles. The van der Waals surface area contributed by atoms with Crippen molar-refractivity contribution < 1.29 is 23.9 Å². The molecule has 0 unspecified atom stereocenters. The summed E-state index contributed by atoms with van der Waals surface area (Å²) in [6, 6.07) is 2.23. The molecule has 0 radical (unpaired) electrons. The second kappa shape index (κ2) is 9.47. The number of nitrogens with zero attached hydrogens (tertiary/aromatic N) is 2. The Morgan fingerprint density at radius 2 is 1.72 bits per heavy atom. The van der Waals surface area contributed by atoms with Crippen LogP contribution in [-0.4, -0.2) is 53.2 Å². The van der Waals surface area contributed by atoms with E-state index < -0.39 is 29.1 Å². The second-order valence-corrected chi connectivity index (χ2v) is 9.06. The summed E-state index contributed by atoms with van der Waals surface area (Å²) in [6.45, 7) is 7.78. The monoisotopic (exact) mass is 407 g/mol. The zero-order valence-electron chi connectivity index (χ0n) is 18.0. The van der Waals surface area contributed by atoms with Crippen molar-refractivity contribution in [2.45, 2.75) is 89.9 Å². The van der Waals surface area contributed by atoms with Gasteiger partial charge in [-0.25, -0.2) is 4.79 Å². The Balaban J connectivity index is 1.80. The van der Waals surface area contributed by atoms with E-state index in [0.717, 1.165) is 19.3 Å². The Hall–Kier alpha value is -2.30. The van der Waals surface area contributed by atoms with Crippen molar-refractivity contribution in [2.75, 3.05) is 13.1 Å². The van der Waals surface area contributed by atoms with Gasteiger partial charge in [0.15, 0.2) is 6.10 Å². The minimum absolute atomic E-state index is 0.358. The molecule has 162 valence electrons. The van der Waals surface area contributed by atoms with Crippen molar-refractivity contribution in [1.82, 2.24) is 10.2 Å². The minimum Gasteiger partial charge on any atom is -0.452 e. The highest BCUT2D eigenvalue weighted by Crippen LogP contribution is 2.28. The Kier molecular flexibility index (Phi) is 7.50. The standard InChI is InChI=1S/C21H33N3O5/c1-15(17(25)23-21(14-22)10-6-5-7-11-21)28-18(26)16-8-12-24(13-9-16)19(27)29-20(2,3)4/h15-16H,5-13H2,1-4H3,(H,23,25)/t15-/m1/s1. The first-order valence-corrected chi connectivity index (χ1v) is 10.5. The van der Waals surface area contributed by atoms with E-state index in [4.69, 9.17) is 9.47 Å². The lowest BCUT2D eigenvalue weighted by Crippen LogP contribution is -2.52. The lowest BCUT2D eigenvalue weighted by Gasteiger charge is -2.34. The lowest BCUT2D eigenvalue weighted by molar-refractivity contribution is -0.160. The van der Waals surface area contributed by atoms with E-state index in [2.05, 4.69) is 11.4 Å². The summed E-state index contributed by atoms with van der Waals surface area (Å²) in [6.07, 6.45) is 3.70. The van der Waals surface area contributed by atoms with Gasteiger partial charge in [0.25, 0.3) is 5.91 Å². The Bertz CT molecular complexity index is 650. The topological polar surface area (TPSA) is 109 Å². The average Bonchev–Trinajstić information content (AvgIpc) is 2.67. The molecule has 1 aliphatic heterocycles. The van der Waals surface area contributed by atoms with Gasteiger partial charge in [-0.2, -0.15) is 5.26 Å². The van der Waals surface area contributed by atoms with Crippen LogP contribution in [0.15, 0.2) is 0 Å². The molecular weight excluding hydrogens is 374 g/mol. The molecule has 1 heterocycles. The van der Waals surface area contributed by atoms with Crippen LogP contribution in [0.1, 0.15) is 72.6 Å². The summed E-state index contributed by atoms with van der Waals surface area (Å²) < 4.78 is 10.7. The van der Waals surface area contributed by atoms with E-state index in [1.54, 1.807) is 4.90 Å². The molecule has 1 N–H and O–H groups in total. The van der Waals surface area contributed by atoms with Gasteiger partial charge in [-0.1, -0.05) is 19.3 Å². The number of esters is 1. The van der Waals surface area contributed by atoms with E-state index in [0.29, 0.717) is 38.8 Å². The van der Waals surface area contributed by atoms with E-state index in [1.807, 2.05) is 20.8 Å². The summed E-state index contributed by atoms with van der Waals surface area (Å²) in [7, 11) is 0.